The number of halogens is 2. The molecule has 0 aliphatic heterocycles. The molecule has 0 aliphatic carbocycles. The predicted molar refractivity (Wildman–Crippen MR) is 87.7 cm³/mol. The molecular weight excluding hydrogens is 338 g/mol. The van der Waals surface area contributed by atoms with Crippen molar-refractivity contribution < 1.29 is 0 Å². The van der Waals surface area contributed by atoms with Crippen molar-refractivity contribution in [3.8, 4) is 5.69 Å². The number of nitrogens with one attached hydrogen (secondary N) is 1. The molecule has 0 atom stereocenters. The molecule has 0 fully saturated rings. The zero-order valence-electron chi connectivity index (χ0n) is 12.0. The van der Waals surface area contributed by atoms with Crippen LogP contribution in [0.3, 0.4) is 0 Å². The molecule has 2 aromatic rings. The van der Waals surface area contributed by atoms with Crippen molar-refractivity contribution in [2.24, 2.45) is 0 Å². The monoisotopic (exact) mass is 355 g/mol. The van der Waals surface area contributed by atoms with Crippen LogP contribution < -0.4 is 5.32 Å². The van der Waals surface area contributed by atoms with E-state index in [4.69, 9.17) is 11.6 Å². The molecule has 0 unspecified atom stereocenters. The van der Waals surface area contributed by atoms with Gasteiger partial charge in [-0.1, -0.05) is 40.5 Å². The molecule has 1 aromatic heterocycles. The first kappa shape index (κ1) is 15.5. The minimum Gasteiger partial charge on any atom is -0.313 e. The standard InChI is InChI=1S/C15H19BrClN3/c1-4-7-18-9-12-5-6-13(8-14(12)16)20-11(3)15(17)10(2)19-20/h5-6,8,18H,4,7,9H2,1-3H3. The number of benzene rings is 1. The van der Waals surface area contributed by atoms with Crippen LogP contribution in [-0.4, -0.2) is 16.3 Å². The van der Waals surface area contributed by atoms with E-state index >= 15 is 0 Å². The van der Waals surface area contributed by atoms with Gasteiger partial charge in [-0.25, -0.2) is 4.68 Å². The van der Waals surface area contributed by atoms with Crippen LogP contribution in [0.4, 0.5) is 0 Å². The van der Waals surface area contributed by atoms with Crippen LogP contribution in [-0.2, 0) is 6.54 Å². The summed E-state index contributed by atoms with van der Waals surface area (Å²) in [5.41, 5.74) is 4.08. The highest BCUT2D eigenvalue weighted by molar-refractivity contribution is 9.10. The summed E-state index contributed by atoms with van der Waals surface area (Å²) < 4.78 is 2.97. The van der Waals surface area contributed by atoms with E-state index < -0.39 is 0 Å². The molecule has 0 saturated carbocycles. The lowest BCUT2D eigenvalue weighted by Crippen LogP contribution is -2.14. The summed E-state index contributed by atoms with van der Waals surface area (Å²) in [5.74, 6) is 0. The average Bonchev–Trinajstić information content (AvgIpc) is 2.68. The summed E-state index contributed by atoms with van der Waals surface area (Å²) in [6.45, 7) is 7.96. The Kier molecular flexibility index (Phi) is 5.24. The second-order valence-corrected chi connectivity index (χ2v) is 6.08. The highest BCUT2D eigenvalue weighted by Crippen LogP contribution is 2.25. The first-order valence-electron chi connectivity index (χ1n) is 6.75. The summed E-state index contributed by atoms with van der Waals surface area (Å²) in [6.07, 6.45) is 1.14. The fraction of sp³-hybridized carbons (Fsp3) is 0.400. The third-order valence-electron chi connectivity index (χ3n) is 3.23. The van der Waals surface area contributed by atoms with Gasteiger partial charge in [0.1, 0.15) is 0 Å². The maximum absolute atomic E-state index is 6.20. The summed E-state index contributed by atoms with van der Waals surface area (Å²) in [5, 5.41) is 8.61. The second-order valence-electron chi connectivity index (χ2n) is 4.85. The van der Waals surface area contributed by atoms with Crippen molar-refractivity contribution >= 4 is 27.5 Å². The molecular formula is C15H19BrClN3. The molecule has 1 aromatic carbocycles. The van der Waals surface area contributed by atoms with Crippen LogP contribution in [0.5, 0.6) is 0 Å². The van der Waals surface area contributed by atoms with Crippen LogP contribution in [0.1, 0.15) is 30.3 Å². The van der Waals surface area contributed by atoms with Gasteiger partial charge in [-0.15, -0.1) is 0 Å². The van der Waals surface area contributed by atoms with E-state index in [1.54, 1.807) is 0 Å². The smallest absolute Gasteiger partial charge is 0.0848 e. The number of aromatic nitrogens is 2. The average molecular weight is 357 g/mol. The van der Waals surface area contributed by atoms with Gasteiger partial charge in [0.25, 0.3) is 0 Å². The molecule has 0 bridgehead atoms. The van der Waals surface area contributed by atoms with E-state index in [-0.39, 0.29) is 0 Å². The van der Waals surface area contributed by atoms with E-state index in [1.807, 2.05) is 18.5 Å². The van der Waals surface area contributed by atoms with Gasteiger partial charge in [-0.3, -0.25) is 0 Å². The van der Waals surface area contributed by atoms with Crippen LogP contribution >= 0.6 is 27.5 Å². The maximum Gasteiger partial charge on any atom is 0.0848 e. The third-order valence-corrected chi connectivity index (χ3v) is 4.51. The highest BCUT2D eigenvalue weighted by Gasteiger charge is 2.11. The van der Waals surface area contributed by atoms with Gasteiger partial charge in [0.05, 0.1) is 22.1 Å². The zero-order valence-corrected chi connectivity index (χ0v) is 14.3. The number of aryl methyl sites for hydroxylation is 1. The molecule has 20 heavy (non-hydrogen) atoms. The Labute approximate surface area is 133 Å². The molecule has 0 radical (unpaired) electrons. The largest absolute Gasteiger partial charge is 0.313 e. The van der Waals surface area contributed by atoms with Gasteiger partial charge in [-0.2, -0.15) is 5.10 Å². The van der Waals surface area contributed by atoms with Crippen molar-refractivity contribution in [3.63, 3.8) is 0 Å². The molecule has 3 nitrogen and oxygen atoms in total. The number of hydrogen-bond donors (Lipinski definition) is 1. The van der Waals surface area contributed by atoms with E-state index in [1.165, 1.54) is 5.56 Å². The van der Waals surface area contributed by atoms with E-state index in [0.29, 0.717) is 0 Å². The topological polar surface area (TPSA) is 29.9 Å². The molecule has 0 aliphatic rings. The van der Waals surface area contributed by atoms with E-state index in [0.717, 1.165) is 46.1 Å². The molecule has 0 amide bonds. The Morgan fingerprint density at radius 3 is 2.65 bits per heavy atom. The number of rotatable bonds is 5. The summed E-state index contributed by atoms with van der Waals surface area (Å²) >= 11 is 9.83. The first-order chi connectivity index (χ1) is 9.54. The molecule has 1 heterocycles. The minimum atomic E-state index is 0.731. The van der Waals surface area contributed by atoms with E-state index in [9.17, 15) is 0 Å². The number of nitrogens with zero attached hydrogens (tertiary/aromatic N) is 2. The Balaban J connectivity index is 2.26. The normalized spacial score (nSPS) is 11.1. The van der Waals surface area contributed by atoms with Crippen molar-refractivity contribution in [1.82, 2.24) is 15.1 Å². The van der Waals surface area contributed by atoms with E-state index in [2.05, 4.69) is 51.5 Å². The molecule has 0 saturated heterocycles. The quantitative estimate of drug-likeness (QED) is 0.804. The van der Waals surface area contributed by atoms with Crippen molar-refractivity contribution in [1.29, 1.82) is 0 Å². The molecule has 108 valence electrons. The SMILES string of the molecule is CCCNCc1ccc(-n2nc(C)c(Cl)c2C)cc1Br. The fourth-order valence-electron chi connectivity index (χ4n) is 2.09. The Morgan fingerprint density at radius 2 is 2.10 bits per heavy atom. The van der Waals surface area contributed by atoms with Crippen LogP contribution in [0, 0.1) is 13.8 Å². The van der Waals surface area contributed by atoms with Gasteiger partial charge in [0, 0.05) is 11.0 Å². The van der Waals surface area contributed by atoms with Crippen LogP contribution in [0.15, 0.2) is 22.7 Å². The molecule has 5 heteroatoms. The lowest BCUT2D eigenvalue weighted by Gasteiger charge is -2.09. The molecule has 1 N–H and O–H groups in total. The van der Waals surface area contributed by atoms with Gasteiger partial charge in [0.15, 0.2) is 0 Å². The van der Waals surface area contributed by atoms with Gasteiger partial charge >= 0.3 is 0 Å². The summed E-state index contributed by atoms with van der Waals surface area (Å²) in [4.78, 5) is 0. The fourth-order valence-corrected chi connectivity index (χ4v) is 2.71. The highest BCUT2D eigenvalue weighted by atomic mass is 79.9. The third kappa shape index (κ3) is 3.25. The minimum absolute atomic E-state index is 0.731. The lowest BCUT2D eigenvalue weighted by atomic mass is 10.2. The van der Waals surface area contributed by atoms with Crippen molar-refractivity contribution in [2.75, 3.05) is 6.54 Å². The molecule has 2 rings (SSSR count). The maximum atomic E-state index is 6.20. The van der Waals surface area contributed by atoms with Crippen molar-refractivity contribution in [3.05, 3.63) is 44.6 Å². The Hall–Kier alpha value is -0.840. The molecule has 0 spiro atoms. The van der Waals surface area contributed by atoms with Gasteiger partial charge < -0.3 is 5.32 Å². The van der Waals surface area contributed by atoms with Crippen LogP contribution in [0.25, 0.3) is 5.69 Å². The number of hydrogen-bond acceptors (Lipinski definition) is 2. The lowest BCUT2D eigenvalue weighted by molar-refractivity contribution is 0.673. The Bertz CT molecular complexity index is 607. The summed E-state index contributed by atoms with van der Waals surface area (Å²) in [7, 11) is 0. The van der Waals surface area contributed by atoms with Gasteiger partial charge in [0.2, 0.25) is 0 Å². The first-order valence-corrected chi connectivity index (χ1v) is 7.93. The van der Waals surface area contributed by atoms with Gasteiger partial charge in [-0.05, 0) is 44.5 Å². The Morgan fingerprint density at radius 1 is 1.35 bits per heavy atom. The van der Waals surface area contributed by atoms with Crippen molar-refractivity contribution in [2.45, 2.75) is 33.7 Å². The van der Waals surface area contributed by atoms with Crippen LogP contribution in [0.2, 0.25) is 5.02 Å². The predicted octanol–water partition coefficient (Wildman–Crippen LogP) is 4.40. The second kappa shape index (κ2) is 6.74. The zero-order chi connectivity index (χ0) is 14.7. The summed E-state index contributed by atoms with van der Waals surface area (Å²) in [6, 6.07) is 6.27.